The third-order valence-corrected chi connectivity index (χ3v) is 5.12. The number of hydrogen-bond donors (Lipinski definition) is 1. The van der Waals surface area contributed by atoms with Crippen molar-refractivity contribution in [2.75, 3.05) is 13.1 Å². The Morgan fingerprint density at radius 2 is 1.81 bits per heavy atom. The van der Waals surface area contributed by atoms with Crippen LogP contribution in [-0.4, -0.2) is 34.2 Å². The van der Waals surface area contributed by atoms with E-state index in [-0.39, 0.29) is 18.4 Å². The Bertz CT molecular complexity index is 850. The first-order valence-corrected chi connectivity index (χ1v) is 9.17. The molecule has 2 aromatic carbocycles. The third-order valence-electron chi connectivity index (χ3n) is 5.12. The van der Waals surface area contributed by atoms with Crippen LogP contribution in [0.3, 0.4) is 0 Å². The molecule has 3 aromatic rings. The van der Waals surface area contributed by atoms with E-state index in [0.29, 0.717) is 24.2 Å². The molecule has 2 atom stereocenters. The molecule has 4 rings (SSSR count). The van der Waals surface area contributed by atoms with Gasteiger partial charge in [0.15, 0.2) is 0 Å². The highest BCUT2D eigenvalue weighted by molar-refractivity contribution is 5.85. The Balaban J connectivity index is 0.00000210. The molecule has 0 aliphatic carbocycles. The van der Waals surface area contributed by atoms with Crippen LogP contribution in [0, 0.1) is 0 Å². The Hall–Kier alpha value is -2.21. The SMILES string of the molecule is CCc1ccc(-c2noc(CN3C[C@@H](N)[C@H](c4ccccc4)C3)n2)cc1.Cl. The van der Waals surface area contributed by atoms with Gasteiger partial charge in [-0.15, -0.1) is 12.4 Å². The summed E-state index contributed by atoms with van der Waals surface area (Å²) in [5.74, 6) is 1.63. The molecular weight excluding hydrogens is 360 g/mol. The van der Waals surface area contributed by atoms with Crippen LogP contribution in [0.1, 0.15) is 29.9 Å². The number of halogens is 1. The molecule has 0 saturated carbocycles. The van der Waals surface area contributed by atoms with Crippen molar-refractivity contribution in [1.82, 2.24) is 15.0 Å². The van der Waals surface area contributed by atoms with Gasteiger partial charge in [0.05, 0.1) is 6.54 Å². The second-order valence-electron chi connectivity index (χ2n) is 6.94. The van der Waals surface area contributed by atoms with Crippen LogP contribution in [0.4, 0.5) is 0 Å². The van der Waals surface area contributed by atoms with E-state index < -0.39 is 0 Å². The molecular formula is C21H25ClN4O. The fourth-order valence-electron chi connectivity index (χ4n) is 3.61. The minimum Gasteiger partial charge on any atom is -0.338 e. The van der Waals surface area contributed by atoms with Crippen LogP contribution in [0.5, 0.6) is 0 Å². The maximum Gasteiger partial charge on any atom is 0.241 e. The number of aryl methyl sites for hydroxylation is 1. The van der Waals surface area contributed by atoms with E-state index in [2.05, 4.69) is 58.4 Å². The van der Waals surface area contributed by atoms with Gasteiger partial charge in [-0.25, -0.2) is 0 Å². The molecule has 5 nitrogen and oxygen atoms in total. The zero-order chi connectivity index (χ0) is 17.9. The summed E-state index contributed by atoms with van der Waals surface area (Å²) >= 11 is 0. The summed E-state index contributed by atoms with van der Waals surface area (Å²) < 4.78 is 5.47. The summed E-state index contributed by atoms with van der Waals surface area (Å²) in [6, 6.07) is 18.9. The van der Waals surface area contributed by atoms with Crippen molar-refractivity contribution in [1.29, 1.82) is 0 Å². The van der Waals surface area contributed by atoms with Gasteiger partial charge in [0, 0.05) is 30.6 Å². The second-order valence-corrected chi connectivity index (χ2v) is 6.94. The summed E-state index contributed by atoms with van der Waals surface area (Å²) in [5, 5.41) is 4.14. The summed E-state index contributed by atoms with van der Waals surface area (Å²) in [4.78, 5) is 6.85. The van der Waals surface area contributed by atoms with E-state index in [1.807, 2.05) is 18.2 Å². The average molecular weight is 385 g/mol. The van der Waals surface area contributed by atoms with Crippen molar-refractivity contribution >= 4 is 12.4 Å². The Morgan fingerprint density at radius 1 is 1.07 bits per heavy atom. The topological polar surface area (TPSA) is 68.2 Å². The van der Waals surface area contributed by atoms with Crippen LogP contribution < -0.4 is 5.73 Å². The fraction of sp³-hybridized carbons (Fsp3) is 0.333. The first kappa shape index (κ1) is 19.5. The van der Waals surface area contributed by atoms with Gasteiger partial charge < -0.3 is 10.3 Å². The summed E-state index contributed by atoms with van der Waals surface area (Å²) in [7, 11) is 0. The van der Waals surface area contributed by atoms with E-state index in [9.17, 15) is 0 Å². The lowest BCUT2D eigenvalue weighted by Crippen LogP contribution is -2.28. The van der Waals surface area contributed by atoms with Gasteiger partial charge in [0.25, 0.3) is 0 Å². The molecule has 0 unspecified atom stereocenters. The molecule has 142 valence electrons. The van der Waals surface area contributed by atoms with Crippen molar-refractivity contribution in [2.24, 2.45) is 5.73 Å². The largest absolute Gasteiger partial charge is 0.338 e. The molecule has 2 heterocycles. The molecule has 0 bridgehead atoms. The Kier molecular flexibility index (Phi) is 6.26. The highest BCUT2D eigenvalue weighted by Crippen LogP contribution is 2.27. The number of rotatable bonds is 5. The van der Waals surface area contributed by atoms with E-state index in [1.165, 1.54) is 11.1 Å². The van der Waals surface area contributed by atoms with Crippen LogP contribution >= 0.6 is 12.4 Å². The molecule has 1 aromatic heterocycles. The first-order chi connectivity index (χ1) is 12.7. The molecule has 0 amide bonds. The zero-order valence-corrected chi connectivity index (χ0v) is 16.2. The number of nitrogens with zero attached hydrogens (tertiary/aromatic N) is 3. The van der Waals surface area contributed by atoms with Crippen LogP contribution in [0.15, 0.2) is 59.1 Å². The maximum atomic E-state index is 6.37. The predicted octanol–water partition coefficient (Wildman–Crippen LogP) is 3.65. The van der Waals surface area contributed by atoms with Crippen LogP contribution in [-0.2, 0) is 13.0 Å². The van der Waals surface area contributed by atoms with Gasteiger partial charge in [0.2, 0.25) is 11.7 Å². The molecule has 0 spiro atoms. The van der Waals surface area contributed by atoms with Gasteiger partial charge >= 0.3 is 0 Å². The predicted molar refractivity (Wildman–Crippen MR) is 109 cm³/mol. The Morgan fingerprint density at radius 3 is 2.52 bits per heavy atom. The molecule has 1 saturated heterocycles. The number of hydrogen-bond acceptors (Lipinski definition) is 5. The van der Waals surface area contributed by atoms with Crippen LogP contribution in [0.2, 0.25) is 0 Å². The number of nitrogens with two attached hydrogens (primary N) is 1. The summed E-state index contributed by atoms with van der Waals surface area (Å²) in [6.45, 7) is 4.53. The lowest BCUT2D eigenvalue weighted by molar-refractivity contribution is 0.264. The van der Waals surface area contributed by atoms with E-state index in [1.54, 1.807) is 0 Å². The lowest BCUT2D eigenvalue weighted by atomic mass is 9.95. The normalized spacial score (nSPS) is 19.8. The lowest BCUT2D eigenvalue weighted by Gasteiger charge is -2.14. The van der Waals surface area contributed by atoms with Crippen molar-refractivity contribution in [3.63, 3.8) is 0 Å². The zero-order valence-electron chi connectivity index (χ0n) is 15.4. The smallest absolute Gasteiger partial charge is 0.241 e. The highest BCUT2D eigenvalue weighted by atomic mass is 35.5. The molecule has 1 fully saturated rings. The summed E-state index contributed by atoms with van der Waals surface area (Å²) in [5.41, 5.74) is 9.95. The van der Waals surface area contributed by atoms with Gasteiger partial charge in [-0.05, 0) is 17.5 Å². The number of benzene rings is 2. The second kappa shape index (κ2) is 8.65. The minimum absolute atomic E-state index is 0. The highest BCUT2D eigenvalue weighted by Gasteiger charge is 2.32. The van der Waals surface area contributed by atoms with Gasteiger partial charge in [-0.2, -0.15) is 4.98 Å². The first-order valence-electron chi connectivity index (χ1n) is 9.17. The van der Waals surface area contributed by atoms with E-state index in [0.717, 1.165) is 25.1 Å². The standard InChI is InChI=1S/C21H24N4O.ClH/c1-2-15-8-10-17(11-9-15)21-23-20(26-24-21)14-25-12-18(19(22)13-25)16-6-4-3-5-7-16;/h3-11,18-19H,2,12-14,22H2,1H3;1H/t18-,19+;/m0./s1. The number of likely N-dealkylation sites (tertiary alicyclic amines) is 1. The maximum absolute atomic E-state index is 6.37. The number of aromatic nitrogens is 2. The van der Waals surface area contributed by atoms with Gasteiger partial charge in [-0.3, -0.25) is 4.90 Å². The molecule has 1 aliphatic rings. The fourth-order valence-corrected chi connectivity index (χ4v) is 3.61. The molecule has 2 N–H and O–H groups in total. The summed E-state index contributed by atoms with van der Waals surface area (Å²) in [6.07, 6.45) is 1.02. The van der Waals surface area contributed by atoms with Crippen LogP contribution in [0.25, 0.3) is 11.4 Å². The van der Waals surface area contributed by atoms with Crippen molar-refractivity contribution in [2.45, 2.75) is 31.8 Å². The molecule has 1 aliphatic heterocycles. The van der Waals surface area contributed by atoms with Gasteiger partial charge in [0.1, 0.15) is 0 Å². The molecule has 27 heavy (non-hydrogen) atoms. The third kappa shape index (κ3) is 4.38. The molecule has 6 heteroatoms. The van der Waals surface area contributed by atoms with Crippen molar-refractivity contribution in [3.05, 3.63) is 71.6 Å². The van der Waals surface area contributed by atoms with Crippen molar-refractivity contribution < 1.29 is 4.52 Å². The average Bonchev–Trinajstić information content (AvgIpc) is 3.29. The minimum atomic E-state index is 0. The van der Waals surface area contributed by atoms with E-state index in [4.69, 9.17) is 10.3 Å². The quantitative estimate of drug-likeness (QED) is 0.727. The Labute approximate surface area is 166 Å². The monoisotopic (exact) mass is 384 g/mol. The van der Waals surface area contributed by atoms with E-state index >= 15 is 0 Å². The van der Waals surface area contributed by atoms with Gasteiger partial charge in [-0.1, -0.05) is 66.7 Å². The van der Waals surface area contributed by atoms with Crippen molar-refractivity contribution in [3.8, 4) is 11.4 Å². The molecule has 0 radical (unpaired) electrons.